The van der Waals surface area contributed by atoms with E-state index in [1.54, 1.807) is 14.2 Å². The molecule has 0 bridgehead atoms. The molecule has 120 valence electrons. The van der Waals surface area contributed by atoms with Crippen molar-refractivity contribution < 1.29 is 9.47 Å². The fourth-order valence-electron chi connectivity index (χ4n) is 2.37. The number of thiophene rings is 1. The Morgan fingerprint density at radius 1 is 1.22 bits per heavy atom. The van der Waals surface area contributed by atoms with Crippen LogP contribution in [0.4, 0.5) is 5.69 Å². The highest BCUT2D eigenvalue weighted by Crippen LogP contribution is 2.31. The van der Waals surface area contributed by atoms with Crippen molar-refractivity contribution in [1.29, 1.82) is 0 Å². The van der Waals surface area contributed by atoms with E-state index in [0.29, 0.717) is 28.6 Å². The number of methoxy groups -OCH3 is 2. The fourth-order valence-corrected chi connectivity index (χ4v) is 3.10. The molecule has 0 unspecified atom stereocenters. The first-order valence-electron chi connectivity index (χ1n) is 7.02. The largest absolute Gasteiger partial charge is 0.493 e. The van der Waals surface area contributed by atoms with Gasteiger partial charge in [0.1, 0.15) is 10.5 Å². The van der Waals surface area contributed by atoms with Crippen molar-refractivity contribution in [2.75, 3.05) is 26.2 Å². The molecule has 6 nitrogen and oxygen atoms in total. The first kappa shape index (κ1) is 15.4. The van der Waals surface area contributed by atoms with Crippen LogP contribution >= 0.6 is 11.3 Å². The molecular weight excluding hydrogens is 314 g/mol. The van der Waals surface area contributed by atoms with E-state index in [9.17, 15) is 4.79 Å². The van der Waals surface area contributed by atoms with E-state index in [1.165, 1.54) is 11.3 Å². The zero-order valence-electron chi connectivity index (χ0n) is 13.1. The normalized spacial score (nSPS) is 10.7. The second kappa shape index (κ2) is 6.29. The predicted octanol–water partition coefficient (Wildman–Crippen LogP) is 2.64. The van der Waals surface area contributed by atoms with Gasteiger partial charge in [-0.3, -0.25) is 4.79 Å². The van der Waals surface area contributed by atoms with Gasteiger partial charge in [0.25, 0.3) is 5.56 Å². The van der Waals surface area contributed by atoms with Gasteiger partial charge >= 0.3 is 0 Å². The maximum absolute atomic E-state index is 12.0. The van der Waals surface area contributed by atoms with Crippen LogP contribution in [0.2, 0.25) is 0 Å². The highest BCUT2D eigenvalue weighted by Gasteiger charge is 2.11. The van der Waals surface area contributed by atoms with Crippen LogP contribution in [0.15, 0.2) is 34.4 Å². The third-order valence-electron chi connectivity index (χ3n) is 3.56. The summed E-state index contributed by atoms with van der Waals surface area (Å²) in [7, 11) is 5.14. The lowest BCUT2D eigenvalue weighted by Gasteiger charge is -2.20. The molecule has 3 aromatic rings. The highest BCUT2D eigenvalue weighted by atomic mass is 32.1. The molecule has 2 aromatic heterocycles. The molecule has 1 N–H and O–H groups in total. The second-order valence-electron chi connectivity index (χ2n) is 5.04. The van der Waals surface area contributed by atoms with Gasteiger partial charge in [-0.2, -0.15) is 0 Å². The number of H-pyrrole nitrogens is 1. The molecule has 2 heterocycles. The van der Waals surface area contributed by atoms with Gasteiger partial charge in [0, 0.05) is 18.8 Å². The van der Waals surface area contributed by atoms with E-state index >= 15 is 0 Å². The summed E-state index contributed by atoms with van der Waals surface area (Å²) in [6, 6.07) is 7.53. The lowest BCUT2D eigenvalue weighted by atomic mass is 10.2. The van der Waals surface area contributed by atoms with E-state index in [1.807, 2.05) is 41.6 Å². The van der Waals surface area contributed by atoms with Crippen LogP contribution in [0.5, 0.6) is 11.5 Å². The molecule has 0 amide bonds. The third kappa shape index (κ3) is 3.00. The average molecular weight is 331 g/mol. The van der Waals surface area contributed by atoms with Crippen LogP contribution in [0.3, 0.4) is 0 Å². The van der Waals surface area contributed by atoms with Crippen LogP contribution in [0.1, 0.15) is 5.82 Å². The monoisotopic (exact) mass is 331 g/mol. The molecule has 0 aliphatic carbocycles. The maximum atomic E-state index is 12.0. The van der Waals surface area contributed by atoms with Gasteiger partial charge in [0.2, 0.25) is 0 Å². The number of aromatic amines is 1. The number of hydrogen-bond acceptors (Lipinski definition) is 6. The molecule has 0 aliphatic heterocycles. The Bertz CT molecular complexity index is 888. The molecule has 23 heavy (non-hydrogen) atoms. The van der Waals surface area contributed by atoms with Crippen molar-refractivity contribution in [3.05, 3.63) is 45.8 Å². The molecule has 0 saturated carbocycles. The Morgan fingerprint density at radius 3 is 2.74 bits per heavy atom. The molecule has 0 radical (unpaired) electrons. The minimum Gasteiger partial charge on any atom is -0.493 e. The lowest BCUT2D eigenvalue weighted by molar-refractivity contribution is 0.355. The van der Waals surface area contributed by atoms with Gasteiger partial charge in [-0.25, -0.2) is 4.98 Å². The Hall–Kier alpha value is -2.54. The Labute approximate surface area is 137 Å². The Kier molecular flexibility index (Phi) is 4.20. The number of benzene rings is 1. The van der Waals surface area contributed by atoms with Gasteiger partial charge in [-0.1, -0.05) is 0 Å². The van der Waals surface area contributed by atoms with Crippen molar-refractivity contribution in [3.8, 4) is 11.5 Å². The van der Waals surface area contributed by atoms with Crippen LogP contribution < -0.4 is 19.9 Å². The maximum Gasteiger partial charge on any atom is 0.268 e. The summed E-state index contributed by atoms with van der Waals surface area (Å²) < 4.78 is 11.2. The number of anilines is 1. The summed E-state index contributed by atoms with van der Waals surface area (Å²) in [5.41, 5.74) is 1.57. The number of nitrogens with one attached hydrogen (secondary N) is 1. The van der Waals surface area contributed by atoms with Gasteiger partial charge < -0.3 is 19.4 Å². The number of hydrogen-bond donors (Lipinski definition) is 1. The van der Waals surface area contributed by atoms with Crippen molar-refractivity contribution >= 4 is 27.2 Å². The van der Waals surface area contributed by atoms with Gasteiger partial charge in [-0.15, -0.1) is 11.3 Å². The molecule has 0 fully saturated rings. The highest BCUT2D eigenvalue weighted by molar-refractivity contribution is 7.17. The summed E-state index contributed by atoms with van der Waals surface area (Å²) in [5.74, 6) is 1.96. The Morgan fingerprint density at radius 2 is 2.00 bits per heavy atom. The van der Waals surface area contributed by atoms with Crippen LogP contribution in [-0.2, 0) is 6.54 Å². The third-order valence-corrected chi connectivity index (χ3v) is 4.46. The standard InChI is InChI=1S/C16H17N3O3S/c1-19(10-4-5-12(21-2)13(8-10)22-3)9-14-17-11-6-7-23-15(11)16(20)18-14/h4-8H,9H2,1-3H3,(H,17,18,20). The van der Waals surface area contributed by atoms with Crippen molar-refractivity contribution in [1.82, 2.24) is 9.97 Å². The van der Waals surface area contributed by atoms with Crippen molar-refractivity contribution in [3.63, 3.8) is 0 Å². The first-order chi connectivity index (χ1) is 11.1. The number of nitrogens with zero attached hydrogens (tertiary/aromatic N) is 2. The molecule has 0 atom stereocenters. The van der Waals surface area contributed by atoms with E-state index in [-0.39, 0.29) is 5.56 Å². The minimum absolute atomic E-state index is 0.0966. The zero-order valence-corrected chi connectivity index (χ0v) is 13.9. The molecule has 0 aliphatic rings. The Balaban J connectivity index is 1.88. The first-order valence-corrected chi connectivity index (χ1v) is 7.90. The van der Waals surface area contributed by atoms with E-state index in [4.69, 9.17) is 9.47 Å². The second-order valence-corrected chi connectivity index (χ2v) is 5.96. The summed E-state index contributed by atoms with van der Waals surface area (Å²) in [4.78, 5) is 21.3. The zero-order chi connectivity index (χ0) is 16.4. The van der Waals surface area contributed by atoms with Crippen molar-refractivity contribution in [2.45, 2.75) is 6.54 Å². The summed E-state index contributed by atoms with van der Waals surface area (Å²) in [6.45, 7) is 0.483. The number of rotatable bonds is 5. The molecule has 1 aromatic carbocycles. The average Bonchev–Trinajstić information content (AvgIpc) is 3.03. The summed E-state index contributed by atoms with van der Waals surface area (Å²) >= 11 is 1.40. The fraction of sp³-hybridized carbons (Fsp3) is 0.250. The predicted molar refractivity (Wildman–Crippen MR) is 91.9 cm³/mol. The minimum atomic E-state index is -0.0966. The van der Waals surface area contributed by atoms with Crippen LogP contribution in [-0.4, -0.2) is 31.2 Å². The van der Waals surface area contributed by atoms with Gasteiger partial charge in [-0.05, 0) is 23.6 Å². The molecule has 3 rings (SSSR count). The number of ether oxygens (including phenoxy) is 2. The molecule has 0 saturated heterocycles. The SMILES string of the molecule is COc1ccc(N(C)Cc2nc3ccsc3c(=O)[nH]2)cc1OC. The number of fused-ring (bicyclic) bond motifs is 1. The van der Waals surface area contributed by atoms with E-state index in [0.717, 1.165) is 11.2 Å². The topological polar surface area (TPSA) is 67.5 Å². The van der Waals surface area contributed by atoms with Gasteiger partial charge in [0.15, 0.2) is 11.5 Å². The number of aromatic nitrogens is 2. The lowest BCUT2D eigenvalue weighted by Crippen LogP contribution is -2.21. The quantitative estimate of drug-likeness (QED) is 0.778. The smallest absolute Gasteiger partial charge is 0.268 e. The molecular formula is C16H17N3O3S. The summed E-state index contributed by atoms with van der Waals surface area (Å²) in [6.07, 6.45) is 0. The van der Waals surface area contributed by atoms with E-state index in [2.05, 4.69) is 9.97 Å². The van der Waals surface area contributed by atoms with Gasteiger partial charge in [0.05, 0.1) is 26.3 Å². The van der Waals surface area contributed by atoms with Crippen LogP contribution in [0.25, 0.3) is 10.2 Å². The molecule has 7 heteroatoms. The van der Waals surface area contributed by atoms with Crippen molar-refractivity contribution in [2.24, 2.45) is 0 Å². The van der Waals surface area contributed by atoms with Crippen LogP contribution in [0, 0.1) is 0 Å². The molecule has 0 spiro atoms. The van der Waals surface area contributed by atoms with E-state index < -0.39 is 0 Å². The summed E-state index contributed by atoms with van der Waals surface area (Å²) in [5, 5.41) is 1.87.